The first-order valence-electron chi connectivity index (χ1n) is 4.45. The summed E-state index contributed by atoms with van der Waals surface area (Å²) < 4.78 is 0. The Labute approximate surface area is 79.2 Å². The molecular weight excluding hydrogens is 168 g/mol. The maximum Gasteiger partial charge on any atom is 0.119 e. The van der Waals surface area contributed by atoms with E-state index in [-0.39, 0.29) is 0 Å². The van der Waals surface area contributed by atoms with Crippen molar-refractivity contribution < 1.29 is 0 Å². The molecule has 1 aliphatic rings. The molecule has 1 aliphatic carbocycles. The predicted octanol–water partition coefficient (Wildman–Crippen LogP) is 1.71. The van der Waals surface area contributed by atoms with Crippen LogP contribution < -0.4 is 11.1 Å². The third-order valence-electron chi connectivity index (χ3n) is 2.28. The van der Waals surface area contributed by atoms with Gasteiger partial charge in [-0.1, -0.05) is 38.1 Å². The van der Waals surface area contributed by atoms with Gasteiger partial charge in [0.2, 0.25) is 0 Å². The average Bonchev–Trinajstić information content (AvgIpc) is 2.06. The van der Waals surface area contributed by atoms with Crippen LogP contribution in [0.15, 0.2) is 12.3 Å². The Morgan fingerprint density at radius 3 is 2.42 bits per heavy atom. The van der Waals surface area contributed by atoms with Crippen molar-refractivity contribution in [1.82, 2.24) is 5.32 Å². The molecule has 0 bridgehead atoms. The first-order valence-corrected chi connectivity index (χ1v) is 4.86. The van der Waals surface area contributed by atoms with Crippen molar-refractivity contribution in [2.24, 2.45) is 5.73 Å². The molecule has 12 heavy (non-hydrogen) atoms. The highest BCUT2D eigenvalue weighted by molar-refractivity contribution is 7.80. The van der Waals surface area contributed by atoms with Crippen LogP contribution in [0.2, 0.25) is 0 Å². The topological polar surface area (TPSA) is 38.0 Å². The van der Waals surface area contributed by atoms with E-state index in [9.17, 15) is 0 Å². The molecule has 0 aliphatic heterocycles. The van der Waals surface area contributed by atoms with Crippen LogP contribution in [0, 0.1) is 0 Å². The lowest BCUT2D eigenvalue weighted by Crippen LogP contribution is -2.34. The molecule has 0 unspecified atom stereocenters. The van der Waals surface area contributed by atoms with Gasteiger partial charge < -0.3 is 11.1 Å². The fraction of sp³-hybridized carbons (Fsp3) is 0.667. The van der Waals surface area contributed by atoms with E-state index in [2.05, 4.69) is 11.9 Å². The van der Waals surface area contributed by atoms with Crippen LogP contribution in [-0.2, 0) is 0 Å². The summed E-state index contributed by atoms with van der Waals surface area (Å²) in [7, 11) is 0. The zero-order valence-corrected chi connectivity index (χ0v) is 8.12. The zero-order valence-electron chi connectivity index (χ0n) is 7.31. The third-order valence-corrected chi connectivity index (χ3v) is 2.53. The lowest BCUT2D eigenvalue weighted by molar-refractivity contribution is 0.401. The van der Waals surface area contributed by atoms with Crippen molar-refractivity contribution in [1.29, 1.82) is 0 Å². The van der Waals surface area contributed by atoms with E-state index in [1.165, 1.54) is 32.1 Å². The second kappa shape index (κ2) is 4.45. The van der Waals surface area contributed by atoms with Gasteiger partial charge in [-0.05, 0) is 12.8 Å². The van der Waals surface area contributed by atoms with Gasteiger partial charge in [-0.2, -0.15) is 0 Å². The number of thiocarbonyl (C=S) groups is 1. The largest absolute Gasteiger partial charge is 0.388 e. The standard InChI is InChI=1S/C9H16N2S/c1-7(9(10)12)11-8-5-3-2-4-6-8/h8,11H,1-6H2,(H2,10,12). The quantitative estimate of drug-likeness (QED) is 0.518. The Balaban J connectivity index is 2.29. The van der Waals surface area contributed by atoms with Gasteiger partial charge in [0, 0.05) is 6.04 Å². The fourth-order valence-corrected chi connectivity index (χ4v) is 1.62. The van der Waals surface area contributed by atoms with Gasteiger partial charge in [0.1, 0.15) is 4.99 Å². The number of nitrogens with one attached hydrogen (secondary N) is 1. The molecule has 0 saturated heterocycles. The second-order valence-electron chi connectivity index (χ2n) is 3.32. The Morgan fingerprint density at radius 2 is 1.92 bits per heavy atom. The van der Waals surface area contributed by atoms with Gasteiger partial charge in [-0.15, -0.1) is 0 Å². The molecule has 0 spiro atoms. The molecule has 0 heterocycles. The number of nitrogens with two attached hydrogens (primary N) is 1. The SMILES string of the molecule is C=C(NC1CCCCC1)C(N)=S. The highest BCUT2D eigenvalue weighted by Crippen LogP contribution is 2.17. The molecule has 1 saturated carbocycles. The van der Waals surface area contributed by atoms with E-state index in [4.69, 9.17) is 18.0 Å². The number of hydrogen-bond acceptors (Lipinski definition) is 2. The first kappa shape index (κ1) is 9.52. The smallest absolute Gasteiger partial charge is 0.119 e. The van der Waals surface area contributed by atoms with Crippen molar-refractivity contribution in [2.75, 3.05) is 0 Å². The molecular formula is C9H16N2S. The van der Waals surface area contributed by atoms with Crippen molar-refractivity contribution in [3.8, 4) is 0 Å². The molecule has 68 valence electrons. The fourth-order valence-electron chi connectivity index (χ4n) is 1.56. The Hall–Kier alpha value is -0.570. The van der Waals surface area contributed by atoms with Crippen molar-refractivity contribution in [3.05, 3.63) is 12.3 Å². The summed E-state index contributed by atoms with van der Waals surface area (Å²) in [4.78, 5) is 0.389. The van der Waals surface area contributed by atoms with Crippen LogP contribution >= 0.6 is 12.2 Å². The number of hydrogen-bond donors (Lipinski definition) is 2. The molecule has 0 aromatic carbocycles. The summed E-state index contributed by atoms with van der Waals surface area (Å²) >= 11 is 4.80. The first-order chi connectivity index (χ1) is 5.70. The van der Waals surface area contributed by atoms with E-state index in [1.807, 2.05) is 0 Å². The van der Waals surface area contributed by atoms with Gasteiger partial charge in [-0.3, -0.25) is 0 Å². The minimum absolute atomic E-state index is 0.389. The summed E-state index contributed by atoms with van der Waals surface area (Å²) in [6.45, 7) is 3.77. The van der Waals surface area contributed by atoms with Gasteiger partial charge in [0.25, 0.3) is 0 Å². The van der Waals surface area contributed by atoms with Gasteiger partial charge >= 0.3 is 0 Å². The Kier molecular flexibility index (Phi) is 3.53. The van der Waals surface area contributed by atoms with Crippen molar-refractivity contribution in [2.45, 2.75) is 38.1 Å². The molecule has 0 aromatic rings. The summed E-state index contributed by atoms with van der Waals surface area (Å²) in [5, 5.41) is 3.26. The van der Waals surface area contributed by atoms with Gasteiger partial charge in [-0.25, -0.2) is 0 Å². The third kappa shape index (κ3) is 2.81. The molecule has 0 atom stereocenters. The summed E-state index contributed by atoms with van der Waals surface area (Å²) in [5.74, 6) is 0. The lowest BCUT2D eigenvalue weighted by Gasteiger charge is -2.24. The van der Waals surface area contributed by atoms with Crippen LogP contribution in [0.1, 0.15) is 32.1 Å². The summed E-state index contributed by atoms with van der Waals surface area (Å²) in [5.41, 5.74) is 6.14. The van der Waals surface area contributed by atoms with E-state index in [0.29, 0.717) is 11.0 Å². The maximum absolute atomic E-state index is 5.42. The Bertz CT molecular complexity index is 183. The van der Waals surface area contributed by atoms with Crippen molar-refractivity contribution in [3.63, 3.8) is 0 Å². The van der Waals surface area contributed by atoms with E-state index in [0.717, 1.165) is 5.70 Å². The second-order valence-corrected chi connectivity index (χ2v) is 3.76. The highest BCUT2D eigenvalue weighted by Gasteiger charge is 2.13. The zero-order chi connectivity index (χ0) is 8.97. The monoisotopic (exact) mass is 184 g/mol. The summed E-state index contributed by atoms with van der Waals surface area (Å²) in [6.07, 6.45) is 6.42. The van der Waals surface area contributed by atoms with Crippen LogP contribution in [0.4, 0.5) is 0 Å². The predicted molar refractivity (Wildman–Crippen MR) is 55.9 cm³/mol. The minimum atomic E-state index is 0.389. The molecule has 1 fully saturated rings. The van der Waals surface area contributed by atoms with Crippen LogP contribution in [0.3, 0.4) is 0 Å². The molecule has 2 nitrogen and oxygen atoms in total. The van der Waals surface area contributed by atoms with Crippen LogP contribution in [0.5, 0.6) is 0 Å². The number of rotatable bonds is 3. The average molecular weight is 184 g/mol. The Morgan fingerprint density at radius 1 is 1.33 bits per heavy atom. The highest BCUT2D eigenvalue weighted by atomic mass is 32.1. The molecule has 3 heteroatoms. The van der Waals surface area contributed by atoms with Crippen molar-refractivity contribution >= 4 is 17.2 Å². The molecule has 3 N–H and O–H groups in total. The van der Waals surface area contributed by atoms with E-state index in [1.54, 1.807) is 0 Å². The van der Waals surface area contributed by atoms with Crippen LogP contribution in [0.25, 0.3) is 0 Å². The van der Waals surface area contributed by atoms with E-state index >= 15 is 0 Å². The normalized spacial score (nSPS) is 18.7. The molecule has 0 radical (unpaired) electrons. The van der Waals surface area contributed by atoms with Gasteiger partial charge in [0.15, 0.2) is 0 Å². The molecule has 0 aromatic heterocycles. The minimum Gasteiger partial charge on any atom is -0.388 e. The maximum atomic E-state index is 5.42. The lowest BCUT2D eigenvalue weighted by atomic mass is 9.95. The summed E-state index contributed by atoms with van der Waals surface area (Å²) in [6, 6.07) is 0.549. The van der Waals surface area contributed by atoms with Gasteiger partial charge in [0.05, 0.1) is 5.70 Å². The van der Waals surface area contributed by atoms with E-state index < -0.39 is 0 Å². The van der Waals surface area contributed by atoms with Crippen LogP contribution in [-0.4, -0.2) is 11.0 Å². The molecule has 1 rings (SSSR count). The molecule has 0 amide bonds.